The molecule has 0 aliphatic heterocycles. The molecule has 0 aliphatic rings. The van der Waals surface area contributed by atoms with Crippen molar-refractivity contribution in [2.24, 2.45) is 0 Å². The summed E-state index contributed by atoms with van der Waals surface area (Å²) in [4.78, 5) is 29.1. The van der Waals surface area contributed by atoms with E-state index in [1.54, 1.807) is 22.3 Å². The van der Waals surface area contributed by atoms with Gasteiger partial charge in [0, 0.05) is 24.3 Å². The molecule has 1 atom stereocenters. The van der Waals surface area contributed by atoms with Crippen molar-refractivity contribution in [1.29, 1.82) is 0 Å². The number of pyridine rings is 1. The first kappa shape index (κ1) is 16.2. The fraction of sp³-hybridized carbons (Fsp3) is 0.312. The van der Waals surface area contributed by atoms with E-state index >= 15 is 0 Å². The second-order valence-corrected chi connectivity index (χ2v) is 5.79. The summed E-state index contributed by atoms with van der Waals surface area (Å²) in [5.74, 6) is -1.31. The highest BCUT2D eigenvalue weighted by Gasteiger charge is 2.21. The van der Waals surface area contributed by atoms with Gasteiger partial charge in [-0.25, -0.2) is 9.78 Å². The van der Waals surface area contributed by atoms with E-state index in [-0.39, 0.29) is 17.6 Å². The molecule has 0 aromatic carbocycles. The second-order valence-electron chi connectivity index (χ2n) is 5.01. The lowest BCUT2D eigenvalue weighted by Gasteiger charge is -2.28. The summed E-state index contributed by atoms with van der Waals surface area (Å²) in [6.45, 7) is 4.48. The zero-order valence-corrected chi connectivity index (χ0v) is 13.3. The SMILES string of the molecule is CCN(C(=O)c1ccnc(C(=O)O)c1)[C@@H](C)Cc1ccsc1. The Morgan fingerprint density at radius 2 is 2.18 bits per heavy atom. The Kier molecular flexibility index (Phi) is 5.27. The molecule has 0 aliphatic carbocycles. The summed E-state index contributed by atoms with van der Waals surface area (Å²) in [6, 6.07) is 4.96. The highest BCUT2D eigenvalue weighted by molar-refractivity contribution is 7.07. The Balaban J connectivity index is 2.17. The van der Waals surface area contributed by atoms with Crippen LogP contribution in [0.2, 0.25) is 0 Å². The van der Waals surface area contributed by atoms with Crippen molar-refractivity contribution < 1.29 is 14.7 Å². The van der Waals surface area contributed by atoms with E-state index in [9.17, 15) is 9.59 Å². The molecule has 0 bridgehead atoms. The molecule has 2 heterocycles. The second kappa shape index (κ2) is 7.17. The van der Waals surface area contributed by atoms with Crippen molar-refractivity contribution in [2.45, 2.75) is 26.3 Å². The molecule has 0 unspecified atom stereocenters. The minimum absolute atomic E-state index is 0.0357. The van der Waals surface area contributed by atoms with Gasteiger partial charge in [-0.1, -0.05) is 0 Å². The largest absolute Gasteiger partial charge is 0.477 e. The van der Waals surface area contributed by atoms with Gasteiger partial charge in [-0.2, -0.15) is 11.3 Å². The number of nitrogens with zero attached hydrogens (tertiary/aromatic N) is 2. The van der Waals surface area contributed by atoms with E-state index in [1.807, 2.05) is 19.2 Å². The molecule has 22 heavy (non-hydrogen) atoms. The number of carbonyl (C=O) groups is 2. The molecule has 0 radical (unpaired) electrons. The zero-order valence-electron chi connectivity index (χ0n) is 12.5. The van der Waals surface area contributed by atoms with Gasteiger partial charge < -0.3 is 10.0 Å². The van der Waals surface area contributed by atoms with Crippen molar-refractivity contribution in [3.8, 4) is 0 Å². The topological polar surface area (TPSA) is 70.5 Å². The Bertz CT molecular complexity index is 655. The number of hydrogen-bond donors (Lipinski definition) is 1. The van der Waals surface area contributed by atoms with Crippen LogP contribution in [0.5, 0.6) is 0 Å². The molecule has 116 valence electrons. The summed E-state index contributed by atoms with van der Waals surface area (Å²) in [5, 5.41) is 13.1. The van der Waals surface area contributed by atoms with Crippen molar-refractivity contribution in [2.75, 3.05) is 6.54 Å². The van der Waals surface area contributed by atoms with Crippen molar-refractivity contribution in [3.05, 3.63) is 52.0 Å². The first-order chi connectivity index (χ1) is 10.5. The maximum Gasteiger partial charge on any atom is 0.354 e. The van der Waals surface area contributed by atoms with Gasteiger partial charge in [-0.05, 0) is 54.8 Å². The van der Waals surface area contributed by atoms with Crippen LogP contribution in [-0.4, -0.2) is 39.5 Å². The van der Waals surface area contributed by atoms with E-state index in [1.165, 1.54) is 17.8 Å². The summed E-state index contributed by atoms with van der Waals surface area (Å²) in [7, 11) is 0. The van der Waals surface area contributed by atoms with E-state index in [0.717, 1.165) is 6.42 Å². The molecule has 0 fully saturated rings. The predicted molar refractivity (Wildman–Crippen MR) is 85.4 cm³/mol. The molecule has 0 saturated heterocycles. The Morgan fingerprint density at radius 1 is 1.41 bits per heavy atom. The molecule has 5 nitrogen and oxygen atoms in total. The number of carboxylic acid groups (broad SMARTS) is 1. The lowest BCUT2D eigenvalue weighted by Crippen LogP contribution is -2.39. The standard InChI is InChI=1S/C16H18N2O3S/c1-3-18(11(2)8-12-5-7-22-10-12)15(19)13-4-6-17-14(9-13)16(20)21/h4-7,9-11H,3,8H2,1-2H3,(H,20,21)/t11-/m0/s1. The molecule has 6 heteroatoms. The molecular weight excluding hydrogens is 300 g/mol. The summed E-state index contributed by atoms with van der Waals surface area (Å²) >= 11 is 1.63. The Labute approximate surface area is 133 Å². The molecular formula is C16H18N2O3S. The van der Waals surface area contributed by atoms with Crippen LogP contribution in [0.25, 0.3) is 0 Å². The van der Waals surface area contributed by atoms with Crippen LogP contribution in [-0.2, 0) is 6.42 Å². The molecule has 1 N–H and O–H groups in total. The van der Waals surface area contributed by atoms with Gasteiger partial charge in [0.25, 0.3) is 5.91 Å². The third-order valence-electron chi connectivity index (χ3n) is 3.47. The van der Waals surface area contributed by atoms with Crippen LogP contribution in [0.3, 0.4) is 0 Å². The summed E-state index contributed by atoms with van der Waals surface area (Å²) < 4.78 is 0. The normalized spacial score (nSPS) is 11.9. The van der Waals surface area contributed by atoms with E-state index in [0.29, 0.717) is 12.1 Å². The molecule has 2 aromatic heterocycles. The number of thiophene rings is 1. The minimum Gasteiger partial charge on any atom is -0.477 e. The third-order valence-corrected chi connectivity index (χ3v) is 4.20. The summed E-state index contributed by atoms with van der Waals surface area (Å²) in [6.07, 6.45) is 2.13. The van der Waals surface area contributed by atoms with Gasteiger partial charge in [0.1, 0.15) is 5.69 Å². The van der Waals surface area contributed by atoms with Crippen LogP contribution in [0.4, 0.5) is 0 Å². The molecule has 0 spiro atoms. The Morgan fingerprint density at radius 3 is 2.77 bits per heavy atom. The molecule has 1 amide bonds. The van der Waals surface area contributed by atoms with Gasteiger partial charge in [0.05, 0.1) is 0 Å². The van der Waals surface area contributed by atoms with Gasteiger partial charge in [-0.15, -0.1) is 0 Å². The lowest BCUT2D eigenvalue weighted by molar-refractivity contribution is 0.0690. The maximum atomic E-state index is 12.6. The number of aromatic nitrogens is 1. The van der Waals surface area contributed by atoms with Crippen molar-refractivity contribution in [1.82, 2.24) is 9.88 Å². The molecule has 0 saturated carbocycles. The average Bonchev–Trinajstić information content (AvgIpc) is 3.00. The first-order valence-corrected chi connectivity index (χ1v) is 7.98. The smallest absolute Gasteiger partial charge is 0.354 e. The number of rotatable bonds is 6. The van der Waals surface area contributed by atoms with Crippen LogP contribution in [0.15, 0.2) is 35.2 Å². The van der Waals surface area contributed by atoms with Gasteiger partial charge in [0.2, 0.25) is 0 Å². The predicted octanol–water partition coefficient (Wildman–Crippen LogP) is 2.93. The van der Waals surface area contributed by atoms with Crippen LogP contribution in [0, 0.1) is 0 Å². The van der Waals surface area contributed by atoms with Crippen LogP contribution < -0.4 is 0 Å². The number of hydrogen-bond acceptors (Lipinski definition) is 4. The van der Waals surface area contributed by atoms with E-state index in [2.05, 4.69) is 16.4 Å². The summed E-state index contributed by atoms with van der Waals surface area (Å²) in [5.41, 5.74) is 1.43. The lowest BCUT2D eigenvalue weighted by atomic mass is 10.1. The number of amides is 1. The Hall–Kier alpha value is -2.21. The first-order valence-electron chi connectivity index (χ1n) is 7.04. The van der Waals surface area contributed by atoms with Gasteiger partial charge in [0.15, 0.2) is 0 Å². The molecule has 2 aromatic rings. The number of carboxylic acids is 1. The van der Waals surface area contributed by atoms with Crippen LogP contribution in [0.1, 0.15) is 40.3 Å². The minimum atomic E-state index is -1.14. The van der Waals surface area contributed by atoms with E-state index in [4.69, 9.17) is 5.11 Å². The van der Waals surface area contributed by atoms with Crippen molar-refractivity contribution >= 4 is 23.2 Å². The quantitative estimate of drug-likeness (QED) is 0.889. The highest BCUT2D eigenvalue weighted by Crippen LogP contribution is 2.15. The maximum absolute atomic E-state index is 12.6. The van der Waals surface area contributed by atoms with Gasteiger partial charge in [-0.3, -0.25) is 4.79 Å². The highest BCUT2D eigenvalue weighted by atomic mass is 32.1. The number of carbonyl (C=O) groups excluding carboxylic acids is 1. The van der Waals surface area contributed by atoms with Crippen LogP contribution >= 0.6 is 11.3 Å². The molecule has 2 rings (SSSR count). The number of likely N-dealkylation sites (N-methyl/N-ethyl adjacent to an activating group) is 1. The zero-order chi connectivity index (χ0) is 16.1. The van der Waals surface area contributed by atoms with E-state index < -0.39 is 5.97 Å². The fourth-order valence-corrected chi connectivity index (χ4v) is 3.04. The third kappa shape index (κ3) is 3.71. The fourth-order valence-electron chi connectivity index (χ4n) is 2.36. The number of aromatic carboxylic acids is 1. The monoisotopic (exact) mass is 318 g/mol. The average molecular weight is 318 g/mol. The van der Waals surface area contributed by atoms with Gasteiger partial charge >= 0.3 is 5.97 Å². The van der Waals surface area contributed by atoms with Crippen molar-refractivity contribution in [3.63, 3.8) is 0 Å².